The second-order valence-electron chi connectivity index (χ2n) is 6.86. The highest BCUT2D eigenvalue weighted by atomic mass is 79.9. The van der Waals surface area contributed by atoms with E-state index in [-0.39, 0.29) is 0 Å². The lowest BCUT2D eigenvalue weighted by molar-refractivity contribution is 0.922. The number of anilines is 1. The molecule has 0 radical (unpaired) electrons. The first-order chi connectivity index (χ1) is 14.5. The van der Waals surface area contributed by atoms with Crippen molar-refractivity contribution in [3.05, 3.63) is 109 Å². The van der Waals surface area contributed by atoms with Gasteiger partial charge in [0.2, 0.25) is 0 Å². The summed E-state index contributed by atoms with van der Waals surface area (Å²) in [5.74, 6) is 1.19. The van der Waals surface area contributed by atoms with E-state index < -0.39 is 0 Å². The van der Waals surface area contributed by atoms with Crippen LogP contribution in [0.3, 0.4) is 0 Å². The summed E-state index contributed by atoms with van der Waals surface area (Å²) in [5, 5.41) is 0. The van der Waals surface area contributed by atoms with Gasteiger partial charge in [-0.3, -0.25) is 0 Å². The van der Waals surface area contributed by atoms with E-state index in [4.69, 9.17) is 10.7 Å². The fourth-order valence-corrected chi connectivity index (χ4v) is 4.71. The number of rotatable bonds is 5. The first kappa shape index (κ1) is 21.2. The van der Waals surface area contributed by atoms with Crippen LogP contribution >= 0.6 is 47.8 Å². The molecule has 0 amide bonds. The van der Waals surface area contributed by atoms with Gasteiger partial charge < -0.3 is 5.73 Å². The Morgan fingerprint density at radius 3 is 1.77 bits per heavy atom. The Kier molecular flexibility index (Phi) is 6.66. The largest absolute Gasteiger partial charge is 0.383 e. The monoisotopic (exact) mass is 585 g/mol. The summed E-state index contributed by atoms with van der Waals surface area (Å²) in [7, 11) is 0. The number of aromatic nitrogens is 2. The molecule has 2 N–H and O–H groups in total. The van der Waals surface area contributed by atoms with Crippen LogP contribution in [0.1, 0.15) is 22.6 Å². The lowest BCUT2D eigenvalue weighted by Crippen LogP contribution is -2.09. The van der Waals surface area contributed by atoms with Gasteiger partial charge in [0, 0.05) is 37.4 Å². The molecule has 150 valence electrons. The molecule has 0 atom stereocenters. The minimum Gasteiger partial charge on any atom is -0.383 e. The normalized spacial score (nSPS) is 10.9. The second kappa shape index (κ2) is 9.41. The molecule has 0 saturated heterocycles. The molecule has 0 bridgehead atoms. The van der Waals surface area contributed by atoms with Crippen molar-refractivity contribution in [3.8, 4) is 11.1 Å². The molecular formula is C24H18Br3N3. The smallest absolute Gasteiger partial charge is 0.135 e. The van der Waals surface area contributed by atoms with Crippen LogP contribution in [0.5, 0.6) is 0 Å². The van der Waals surface area contributed by atoms with Crippen LogP contribution < -0.4 is 5.73 Å². The Morgan fingerprint density at radius 1 is 0.633 bits per heavy atom. The lowest BCUT2D eigenvalue weighted by atomic mass is 9.99. The standard InChI is InChI=1S/C24H18Br3N3/c25-18-10-4-1-7-15(18)13-21-23(17-9-3-6-12-20(17)27)24(28)30-22(29-21)14-16-8-2-5-11-19(16)26/h1-12H,13-14H2,(H2,28,29,30). The Morgan fingerprint density at radius 2 is 1.17 bits per heavy atom. The van der Waals surface area contributed by atoms with E-state index in [0.717, 1.165) is 41.4 Å². The quantitative estimate of drug-likeness (QED) is 0.269. The zero-order valence-electron chi connectivity index (χ0n) is 15.9. The molecule has 1 aromatic heterocycles. The fourth-order valence-electron chi connectivity index (χ4n) is 3.38. The van der Waals surface area contributed by atoms with Gasteiger partial charge in [0.25, 0.3) is 0 Å². The van der Waals surface area contributed by atoms with Gasteiger partial charge in [-0.25, -0.2) is 9.97 Å². The van der Waals surface area contributed by atoms with Crippen molar-refractivity contribution in [3.63, 3.8) is 0 Å². The van der Waals surface area contributed by atoms with E-state index >= 15 is 0 Å². The lowest BCUT2D eigenvalue weighted by Gasteiger charge is -2.16. The predicted molar refractivity (Wildman–Crippen MR) is 133 cm³/mol. The minimum atomic E-state index is 0.487. The Labute approximate surface area is 201 Å². The first-order valence-corrected chi connectivity index (χ1v) is 11.8. The number of hydrogen-bond acceptors (Lipinski definition) is 3. The maximum atomic E-state index is 6.51. The van der Waals surface area contributed by atoms with Gasteiger partial charge in [-0.05, 0) is 29.3 Å². The molecule has 0 unspecified atom stereocenters. The molecule has 3 aromatic carbocycles. The number of benzene rings is 3. The summed E-state index contributed by atoms with van der Waals surface area (Å²) in [6.07, 6.45) is 1.25. The molecule has 0 saturated carbocycles. The third-order valence-electron chi connectivity index (χ3n) is 4.82. The zero-order chi connectivity index (χ0) is 21.1. The summed E-state index contributed by atoms with van der Waals surface area (Å²) >= 11 is 10.9. The first-order valence-electron chi connectivity index (χ1n) is 9.40. The number of nitrogen functional groups attached to an aromatic ring is 1. The zero-order valence-corrected chi connectivity index (χ0v) is 20.7. The number of halogens is 3. The van der Waals surface area contributed by atoms with E-state index in [2.05, 4.69) is 64.9 Å². The van der Waals surface area contributed by atoms with E-state index in [0.29, 0.717) is 24.5 Å². The van der Waals surface area contributed by atoms with Gasteiger partial charge in [0.15, 0.2) is 0 Å². The van der Waals surface area contributed by atoms with Crippen LogP contribution in [-0.2, 0) is 12.8 Å². The van der Waals surface area contributed by atoms with E-state index in [1.165, 1.54) is 0 Å². The van der Waals surface area contributed by atoms with E-state index in [1.807, 2.05) is 60.7 Å². The number of nitrogens with two attached hydrogens (primary N) is 1. The molecule has 0 spiro atoms. The molecule has 0 fully saturated rings. The van der Waals surface area contributed by atoms with Gasteiger partial charge in [-0.2, -0.15) is 0 Å². The SMILES string of the molecule is Nc1nc(Cc2ccccc2Br)nc(Cc2ccccc2Br)c1-c1ccccc1Br. The van der Waals surface area contributed by atoms with Gasteiger partial charge in [-0.15, -0.1) is 0 Å². The molecule has 6 heteroatoms. The van der Waals surface area contributed by atoms with Crippen molar-refractivity contribution in [1.29, 1.82) is 0 Å². The van der Waals surface area contributed by atoms with Crippen molar-refractivity contribution in [2.24, 2.45) is 0 Å². The summed E-state index contributed by atoms with van der Waals surface area (Å²) in [4.78, 5) is 9.64. The Balaban J connectivity index is 1.84. The summed E-state index contributed by atoms with van der Waals surface area (Å²) in [5.41, 5.74) is 11.5. The molecule has 4 aromatic rings. The molecule has 0 aliphatic heterocycles. The van der Waals surface area contributed by atoms with Crippen molar-refractivity contribution < 1.29 is 0 Å². The van der Waals surface area contributed by atoms with Crippen LogP contribution in [0.2, 0.25) is 0 Å². The fraction of sp³-hybridized carbons (Fsp3) is 0.0833. The van der Waals surface area contributed by atoms with Crippen molar-refractivity contribution in [2.45, 2.75) is 12.8 Å². The molecule has 0 aliphatic rings. The van der Waals surface area contributed by atoms with Gasteiger partial charge in [-0.1, -0.05) is 102 Å². The third kappa shape index (κ3) is 4.66. The van der Waals surface area contributed by atoms with Crippen molar-refractivity contribution in [2.75, 3.05) is 5.73 Å². The maximum absolute atomic E-state index is 6.51. The molecule has 3 nitrogen and oxygen atoms in total. The summed E-state index contributed by atoms with van der Waals surface area (Å²) in [6.45, 7) is 0. The highest BCUT2D eigenvalue weighted by Gasteiger charge is 2.18. The summed E-state index contributed by atoms with van der Waals surface area (Å²) in [6, 6.07) is 24.3. The number of nitrogens with zero attached hydrogens (tertiary/aromatic N) is 2. The van der Waals surface area contributed by atoms with Crippen LogP contribution in [0.4, 0.5) is 5.82 Å². The van der Waals surface area contributed by atoms with Crippen LogP contribution in [0.15, 0.2) is 86.2 Å². The van der Waals surface area contributed by atoms with Gasteiger partial charge in [0.1, 0.15) is 11.6 Å². The van der Waals surface area contributed by atoms with Crippen LogP contribution in [0, 0.1) is 0 Å². The maximum Gasteiger partial charge on any atom is 0.135 e. The van der Waals surface area contributed by atoms with E-state index in [1.54, 1.807) is 0 Å². The summed E-state index contributed by atoms with van der Waals surface area (Å²) < 4.78 is 3.05. The number of hydrogen-bond donors (Lipinski definition) is 1. The molecule has 30 heavy (non-hydrogen) atoms. The highest BCUT2D eigenvalue weighted by Crippen LogP contribution is 2.35. The third-order valence-corrected chi connectivity index (χ3v) is 7.06. The molecule has 1 heterocycles. The van der Waals surface area contributed by atoms with Crippen LogP contribution in [-0.4, -0.2) is 9.97 Å². The average molecular weight is 588 g/mol. The topological polar surface area (TPSA) is 51.8 Å². The minimum absolute atomic E-state index is 0.487. The Bertz CT molecular complexity index is 1210. The predicted octanol–water partition coefficient (Wildman–Crippen LogP) is 7.19. The van der Waals surface area contributed by atoms with Gasteiger partial charge in [0.05, 0.1) is 5.69 Å². The average Bonchev–Trinajstić information content (AvgIpc) is 2.72. The second-order valence-corrected chi connectivity index (χ2v) is 9.43. The van der Waals surface area contributed by atoms with E-state index in [9.17, 15) is 0 Å². The highest BCUT2D eigenvalue weighted by molar-refractivity contribution is 9.11. The molecule has 4 rings (SSSR count). The molecule has 0 aliphatic carbocycles. The molecular weight excluding hydrogens is 570 g/mol. The van der Waals surface area contributed by atoms with Gasteiger partial charge >= 0.3 is 0 Å². The van der Waals surface area contributed by atoms with Crippen molar-refractivity contribution >= 4 is 53.6 Å². The van der Waals surface area contributed by atoms with Crippen LogP contribution in [0.25, 0.3) is 11.1 Å². The van der Waals surface area contributed by atoms with Crippen molar-refractivity contribution in [1.82, 2.24) is 9.97 Å². The Hall–Kier alpha value is -2.02.